The van der Waals surface area contributed by atoms with Gasteiger partial charge in [-0.3, -0.25) is 0 Å². The second kappa shape index (κ2) is 4.42. The summed E-state index contributed by atoms with van der Waals surface area (Å²) < 4.78 is 13.2. The smallest absolute Gasteiger partial charge is 0.125 e. The van der Waals surface area contributed by atoms with E-state index in [0.29, 0.717) is 12.1 Å². The maximum Gasteiger partial charge on any atom is 0.125 e. The summed E-state index contributed by atoms with van der Waals surface area (Å²) >= 11 is 0. The van der Waals surface area contributed by atoms with E-state index in [2.05, 4.69) is 24.2 Å². The molecular formula is C13H19FN2. The highest BCUT2D eigenvalue weighted by Crippen LogP contribution is 2.21. The second-order valence-electron chi connectivity index (χ2n) is 4.88. The molecule has 2 rings (SSSR count). The molecule has 2 atom stereocenters. The zero-order chi connectivity index (χ0) is 11.7. The van der Waals surface area contributed by atoms with Gasteiger partial charge in [-0.25, -0.2) is 4.39 Å². The van der Waals surface area contributed by atoms with Crippen LogP contribution in [0, 0.1) is 12.7 Å². The van der Waals surface area contributed by atoms with Gasteiger partial charge in [-0.1, -0.05) is 0 Å². The Morgan fingerprint density at radius 1 is 1.38 bits per heavy atom. The van der Waals surface area contributed by atoms with Gasteiger partial charge in [0.25, 0.3) is 0 Å². The van der Waals surface area contributed by atoms with Crippen LogP contribution in [0.2, 0.25) is 0 Å². The number of likely N-dealkylation sites (N-methyl/N-ethyl adjacent to an activating group) is 1. The van der Waals surface area contributed by atoms with Crippen molar-refractivity contribution in [1.82, 2.24) is 4.90 Å². The predicted octanol–water partition coefficient (Wildman–Crippen LogP) is 2.64. The Hall–Kier alpha value is -1.09. The van der Waals surface area contributed by atoms with Crippen LogP contribution in [0.5, 0.6) is 0 Å². The van der Waals surface area contributed by atoms with Crippen LogP contribution in [0.3, 0.4) is 0 Å². The minimum atomic E-state index is -0.165. The lowest BCUT2D eigenvalue weighted by molar-refractivity contribution is 0.330. The number of aryl methyl sites for hydroxylation is 1. The summed E-state index contributed by atoms with van der Waals surface area (Å²) in [5, 5.41) is 3.40. The molecule has 0 saturated carbocycles. The maximum absolute atomic E-state index is 13.2. The third-order valence-corrected chi connectivity index (χ3v) is 3.30. The fourth-order valence-electron chi connectivity index (χ4n) is 2.35. The molecule has 1 fully saturated rings. The Morgan fingerprint density at radius 2 is 2.12 bits per heavy atom. The number of nitrogens with one attached hydrogen (secondary N) is 1. The molecule has 2 nitrogen and oxygen atoms in total. The van der Waals surface area contributed by atoms with Gasteiger partial charge in [0, 0.05) is 24.3 Å². The molecule has 1 aliphatic rings. The molecule has 3 heteroatoms. The summed E-state index contributed by atoms with van der Waals surface area (Å²) in [6.07, 6.45) is 1.12. The molecule has 0 spiro atoms. The highest BCUT2D eigenvalue weighted by atomic mass is 19.1. The normalized spacial score (nSPS) is 26.0. The van der Waals surface area contributed by atoms with Gasteiger partial charge < -0.3 is 10.2 Å². The van der Waals surface area contributed by atoms with Gasteiger partial charge in [0.1, 0.15) is 5.82 Å². The van der Waals surface area contributed by atoms with Crippen molar-refractivity contribution < 1.29 is 4.39 Å². The first kappa shape index (κ1) is 11.4. The van der Waals surface area contributed by atoms with E-state index in [4.69, 9.17) is 0 Å². The van der Waals surface area contributed by atoms with Crippen LogP contribution < -0.4 is 5.32 Å². The largest absolute Gasteiger partial charge is 0.381 e. The lowest BCUT2D eigenvalue weighted by Gasteiger charge is -2.14. The zero-order valence-corrected chi connectivity index (χ0v) is 10.1. The van der Waals surface area contributed by atoms with E-state index < -0.39 is 0 Å². The van der Waals surface area contributed by atoms with Crippen LogP contribution in [0.25, 0.3) is 0 Å². The number of halogens is 1. The first-order chi connectivity index (χ1) is 7.54. The van der Waals surface area contributed by atoms with E-state index in [1.807, 2.05) is 13.0 Å². The van der Waals surface area contributed by atoms with E-state index in [1.165, 1.54) is 0 Å². The third-order valence-electron chi connectivity index (χ3n) is 3.30. The molecule has 1 saturated heterocycles. The van der Waals surface area contributed by atoms with Crippen molar-refractivity contribution in [3.63, 3.8) is 0 Å². The van der Waals surface area contributed by atoms with Crippen molar-refractivity contribution in [2.75, 3.05) is 18.9 Å². The summed E-state index contributed by atoms with van der Waals surface area (Å²) in [4.78, 5) is 2.32. The number of rotatable bonds is 2. The molecule has 0 aliphatic carbocycles. The average molecular weight is 222 g/mol. The van der Waals surface area contributed by atoms with Gasteiger partial charge in [0.15, 0.2) is 0 Å². The van der Waals surface area contributed by atoms with Gasteiger partial charge in [-0.15, -0.1) is 0 Å². The van der Waals surface area contributed by atoms with E-state index in [9.17, 15) is 4.39 Å². The van der Waals surface area contributed by atoms with E-state index in [1.54, 1.807) is 12.1 Å². The van der Waals surface area contributed by atoms with Crippen molar-refractivity contribution in [2.45, 2.75) is 32.4 Å². The van der Waals surface area contributed by atoms with Crippen LogP contribution in [-0.2, 0) is 0 Å². The highest BCUT2D eigenvalue weighted by Gasteiger charge is 2.25. The number of benzene rings is 1. The lowest BCUT2D eigenvalue weighted by atomic mass is 10.1. The van der Waals surface area contributed by atoms with Crippen molar-refractivity contribution in [3.05, 3.63) is 29.6 Å². The van der Waals surface area contributed by atoms with Crippen molar-refractivity contribution in [2.24, 2.45) is 0 Å². The lowest BCUT2D eigenvalue weighted by Crippen LogP contribution is -2.24. The number of anilines is 1. The molecule has 1 aromatic rings. The van der Waals surface area contributed by atoms with Crippen LogP contribution in [0.15, 0.2) is 18.2 Å². The molecule has 1 N–H and O–H groups in total. The molecule has 0 bridgehead atoms. The highest BCUT2D eigenvalue weighted by molar-refractivity contribution is 5.47. The molecule has 88 valence electrons. The van der Waals surface area contributed by atoms with Crippen LogP contribution in [-0.4, -0.2) is 30.6 Å². The fourth-order valence-corrected chi connectivity index (χ4v) is 2.35. The maximum atomic E-state index is 13.2. The Morgan fingerprint density at radius 3 is 2.69 bits per heavy atom. The molecule has 16 heavy (non-hydrogen) atoms. The SMILES string of the molecule is Cc1cc(F)cc(NC2CC(C)N(C)C2)c1. The second-order valence-corrected chi connectivity index (χ2v) is 4.88. The fraction of sp³-hybridized carbons (Fsp3) is 0.538. The summed E-state index contributed by atoms with van der Waals surface area (Å²) in [6.45, 7) is 5.16. The van der Waals surface area contributed by atoms with Gasteiger partial charge in [-0.2, -0.15) is 0 Å². The van der Waals surface area contributed by atoms with Crippen molar-refractivity contribution in [3.8, 4) is 0 Å². The van der Waals surface area contributed by atoms with Crippen molar-refractivity contribution in [1.29, 1.82) is 0 Å². The minimum Gasteiger partial charge on any atom is -0.381 e. The third kappa shape index (κ3) is 2.53. The quantitative estimate of drug-likeness (QED) is 0.827. The molecule has 0 amide bonds. The summed E-state index contributed by atoms with van der Waals surface area (Å²) in [5.74, 6) is -0.165. The molecule has 2 unspecified atom stereocenters. The minimum absolute atomic E-state index is 0.165. The van der Waals surface area contributed by atoms with Gasteiger partial charge in [0.05, 0.1) is 0 Å². The van der Waals surface area contributed by atoms with E-state index in [-0.39, 0.29) is 5.82 Å². The van der Waals surface area contributed by atoms with Crippen LogP contribution in [0.1, 0.15) is 18.9 Å². The first-order valence-corrected chi connectivity index (χ1v) is 5.78. The zero-order valence-electron chi connectivity index (χ0n) is 10.1. The first-order valence-electron chi connectivity index (χ1n) is 5.78. The molecule has 0 aromatic heterocycles. The Balaban J connectivity index is 2.04. The standard InChI is InChI=1S/C13H19FN2/c1-9-4-11(14)7-12(5-9)15-13-6-10(2)16(3)8-13/h4-5,7,10,13,15H,6,8H2,1-3H3. The summed E-state index contributed by atoms with van der Waals surface area (Å²) in [6, 6.07) is 6.14. The Labute approximate surface area is 96.5 Å². The average Bonchev–Trinajstić information content (AvgIpc) is 2.43. The molecule has 0 radical (unpaired) electrons. The van der Waals surface area contributed by atoms with Crippen LogP contribution in [0.4, 0.5) is 10.1 Å². The van der Waals surface area contributed by atoms with Crippen LogP contribution >= 0.6 is 0 Å². The van der Waals surface area contributed by atoms with E-state index in [0.717, 1.165) is 24.2 Å². The number of hydrogen-bond acceptors (Lipinski definition) is 2. The van der Waals surface area contributed by atoms with Gasteiger partial charge in [-0.05, 0) is 51.1 Å². The molecule has 1 aliphatic heterocycles. The topological polar surface area (TPSA) is 15.3 Å². The Bertz CT molecular complexity index is 348. The van der Waals surface area contributed by atoms with Gasteiger partial charge in [0.2, 0.25) is 0 Å². The van der Waals surface area contributed by atoms with E-state index >= 15 is 0 Å². The summed E-state index contributed by atoms with van der Waals surface area (Å²) in [7, 11) is 2.13. The Kier molecular flexibility index (Phi) is 3.15. The molecule has 1 heterocycles. The molecular weight excluding hydrogens is 203 g/mol. The monoisotopic (exact) mass is 222 g/mol. The molecule has 1 aromatic carbocycles. The van der Waals surface area contributed by atoms with Crippen molar-refractivity contribution >= 4 is 5.69 Å². The predicted molar refractivity (Wildman–Crippen MR) is 65.3 cm³/mol. The number of hydrogen-bond donors (Lipinski definition) is 1. The number of nitrogens with zero attached hydrogens (tertiary/aromatic N) is 1. The summed E-state index contributed by atoms with van der Waals surface area (Å²) in [5.41, 5.74) is 1.85. The van der Waals surface area contributed by atoms with Gasteiger partial charge >= 0.3 is 0 Å². The number of likely N-dealkylation sites (tertiary alicyclic amines) is 1.